The van der Waals surface area contributed by atoms with Crippen molar-refractivity contribution >= 4 is 7.55 Å². The van der Waals surface area contributed by atoms with Gasteiger partial charge in [0, 0.05) is 0 Å². The van der Waals surface area contributed by atoms with Gasteiger partial charge in [0.2, 0.25) is 0 Å². The summed E-state index contributed by atoms with van der Waals surface area (Å²) in [5, 5.41) is 0. The molecule has 2 nitrogen and oxygen atoms in total. The first kappa shape index (κ1) is 9.54. The fraction of sp³-hybridized carbons (Fsp3) is 1.00. The van der Waals surface area contributed by atoms with Gasteiger partial charge >= 0.3 is 7.55 Å². The minimum absolute atomic E-state index is 1.29. The molecule has 0 aromatic carbocycles. The molecule has 73 valence electrons. The van der Waals surface area contributed by atoms with E-state index in [-0.39, 0.29) is 0 Å². The van der Waals surface area contributed by atoms with E-state index in [0.29, 0.717) is 0 Å². The summed E-state index contributed by atoms with van der Waals surface area (Å²) < 4.78 is 0. The summed E-state index contributed by atoms with van der Waals surface area (Å²) in [4.78, 5) is 5.02. The summed E-state index contributed by atoms with van der Waals surface area (Å²) in [5.41, 5.74) is 0. The minimum Gasteiger partial charge on any atom is -0.332 e. The Labute approximate surface area is 82.6 Å². The van der Waals surface area contributed by atoms with Crippen LogP contribution >= 0.6 is 0 Å². The van der Waals surface area contributed by atoms with Crippen molar-refractivity contribution in [3.05, 3.63) is 0 Å². The molecule has 0 amide bonds. The molecular formula is C10H20BN2. The summed E-state index contributed by atoms with van der Waals surface area (Å²) in [5.74, 6) is 0. The lowest BCUT2D eigenvalue weighted by atomic mass is 9.95. The first-order valence-corrected chi connectivity index (χ1v) is 5.78. The van der Waals surface area contributed by atoms with Crippen LogP contribution < -0.4 is 0 Å². The Morgan fingerprint density at radius 2 is 0.923 bits per heavy atom. The molecule has 0 unspecified atom stereocenters. The van der Waals surface area contributed by atoms with E-state index in [0.717, 1.165) is 0 Å². The Hall–Kier alpha value is -0.0151. The molecule has 1 radical (unpaired) electrons. The SMILES string of the molecule is [B](N1CCCCC1)N1CCCCC1. The maximum absolute atomic E-state index is 2.51. The van der Waals surface area contributed by atoms with Crippen molar-refractivity contribution < 1.29 is 0 Å². The first-order chi connectivity index (χ1) is 6.45. The van der Waals surface area contributed by atoms with E-state index in [1.807, 2.05) is 0 Å². The van der Waals surface area contributed by atoms with Crippen molar-refractivity contribution in [3.63, 3.8) is 0 Å². The Bertz CT molecular complexity index is 124. The van der Waals surface area contributed by atoms with Gasteiger partial charge in [0.15, 0.2) is 0 Å². The van der Waals surface area contributed by atoms with Crippen molar-refractivity contribution in [2.75, 3.05) is 26.2 Å². The van der Waals surface area contributed by atoms with Crippen LogP contribution in [0.1, 0.15) is 38.5 Å². The van der Waals surface area contributed by atoms with Crippen LogP contribution in [0.25, 0.3) is 0 Å². The van der Waals surface area contributed by atoms with E-state index >= 15 is 0 Å². The van der Waals surface area contributed by atoms with Crippen molar-refractivity contribution in [1.82, 2.24) is 9.62 Å². The third-order valence-corrected chi connectivity index (χ3v) is 3.11. The number of rotatable bonds is 2. The summed E-state index contributed by atoms with van der Waals surface area (Å²) in [6, 6.07) is 0. The van der Waals surface area contributed by atoms with Gasteiger partial charge in [-0.25, -0.2) is 0 Å². The van der Waals surface area contributed by atoms with Crippen LogP contribution in [0.2, 0.25) is 0 Å². The number of hydrogen-bond donors (Lipinski definition) is 0. The standard InChI is InChI=1S/C10H20BN2/c1-3-7-12(8-4-1)11-13-9-5-2-6-10-13/h1-10H2. The molecule has 0 bridgehead atoms. The molecule has 2 rings (SSSR count). The number of hydrogen-bond acceptors (Lipinski definition) is 2. The van der Waals surface area contributed by atoms with E-state index in [2.05, 4.69) is 17.2 Å². The molecule has 0 atom stereocenters. The first-order valence-electron chi connectivity index (χ1n) is 5.78. The molecule has 0 aromatic heterocycles. The van der Waals surface area contributed by atoms with E-state index in [1.54, 1.807) is 0 Å². The summed E-state index contributed by atoms with van der Waals surface area (Å²) in [6.07, 6.45) is 8.44. The van der Waals surface area contributed by atoms with E-state index in [4.69, 9.17) is 0 Å². The molecule has 0 spiro atoms. The van der Waals surface area contributed by atoms with E-state index in [9.17, 15) is 0 Å². The molecule has 2 aliphatic rings. The Morgan fingerprint density at radius 3 is 1.31 bits per heavy atom. The van der Waals surface area contributed by atoms with Crippen LogP contribution in [-0.2, 0) is 0 Å². The second-order valence-electron chi connectivity index (χ2n) is 4.31. The zero-order valence-electron chi connectivity index (χ0n) is 8.54. The molecule has 2 saturated heterocycles. The van der Waals surface area contributed by atoms with Gasteiger partial charge in [-0.05, 0) is 51.9 Å². The quantitative estimate of drug-likeness (QED) is 0.592. The lowest BCUT2D eigenvalue weighted by Crippen LogP contribution is -2.45. The molecule has 2 heterocycles. The van der Waals surface area contributed by atoms with Crippen LogP contribution in [0.15, 0.2) is 0 Å². The number of piperidine rings is 2. The summed E-state index contributed by atoms with van der Waals surface area (Å²) in [7, 11) is 2.39. The second kappa shape index (κ2) is 5.01. The van der Waals surface area contributed by atoms with Gasteiger partial charge in [0.25, 0.3) is 0 Å². The van der Waals surface area contributed by atoms with Crippen molar-refractivity contribution in [2.45, 2.75) is 38.5 Å². The van der Waals surface area contributed by atoms with E-state index < -0.39 is 0 Å². The molecule has 2 aliphatic heterocycles. The van der Waals surface area contributed by atoms with Gasteiger partial charge in [0.1, 0.15) is 0 Å². The highest BCUT2D eigenvalue weighted by molar-refractivity contribution is 6.28. The van der Waals surface area contributed by atoms with Crippen molar-refractivity contribution in [3.8, 4) is 0 Å². The smallest absolute Gasteiger partial charge is 0.313 e. The Balaban J connectivity index is 1.69. The van der Waals surface area contributed by atoms with Crippen LogP contribution in [0.4, 0.5) is 0 Å². The topological polar surface area (TPSA) is 6.48 Å². The van der Waals surface area contributed by atoms with Gasteiger partial charge in [-0.15, -0.1) is 0 Å². The summed E-state index contributed by atoms with van der Waals surface area (Å²) in [6.45, 7) is 5.15. The molecule has 0 N–H and O–H groups in total. The fourth-order valence-corrected chi connectivity index (χ4v) is 2.30. The maximum Gasteiger partial charge on any atom is 0.313 e. The van der Waals surface area contributed by atoms with Crippen molar-refractivity contribution in [1.29, 1.82) is 0 Å². The molecule has 0 aliphatic carbocycles. The van der Waals surface area contributed by atoms with Gasteiger partial charge in [-0.1, -0.05) is 12.8 Å². The molecule has 3 heteroatoms. The van der Waals surface area contributed by atoms with Gasteiger partial charge < -0.3 is 9.62 Å². The third kappa shape index (κ3) is 2.99. The number of nitrogens with zero attached hydrogens (tertiary/aromatic N) is 2. The molecular weight excluding hydrogens is 159 g/mol. The minimum atomic E-state index is 1.29. The maximum atomic E-state index is 2.51. The average Bonchev–Trinajstić information content (AvgIpc) is 2.21. The van der Waals surface area contributed by atoms with Gasteiger partial charge in [-0.3, -0.25) is 0 Å². The highest BCUT2D eigenvalue weighted by atomic mass is 15.2. The van der Waals surface area contributed by atoms with Gasteiger partial charge in [-0.2, -0.15) is 0 Å². The van der Waals surface area contributed by atoms with Gasteiger partial charge in [0.05, 0.1) is 0 Å². The zero-order chi connectivity index (χ0) is 8.93. The molecule has 13 heavy (non-hydrogen) atoms. The lowest BCUT2D eigenvalue weighted by Gasteiger charge is -2.33. The van der Waals surface area contributed by atoms with Crippen LogP contribution in [-0.4, -0.2) is 43.4 Å². The highest BCUT2D eigenvalue weighted by Gasteiger charge is 2.17. The van der Waals surface area contributed by atoms with Crippen LogP contribution in [0.5, 0.6) is 0 Å². The normalized spacial score (nSPS) is 27.4. The molecule has 2 fully saturated rings. The lowest BCUT2D eigenvalue weighted by molar-refractivity contribution is 0.294. The highest BCUT2D eigenvalue weighted by Crippen LogP contribution is 2.11. The predicted molar refractivity (Wildman–Crippen MR) is 56.6 cm³/mol. The average molecular weight is 179 g/mol. The summed E-state index contributed by atoms with van der Waals surface area (Å²) >= 11 is 0. The predicted octanol–water partition coefficient (Wildman–Crippen LogP) is 1.49. The van der Waals surface area contributed by atoms with E-state index in [1.165, 1.54) is 64.7 Å². The second-order valence-corrected chi connectivity index (χ2v) is 4.31. The van der Waals surface area contributed by atoms with Crippen LogP contribution in [0, 0.1) is 0 Å². The van der Waals surface area contributed by atoms with Crippen molar-refractivity contribution in [2.24, 2.45) is 0 Å². The monoisotopic (exact) mass is 179 g/mol. The largest absolute Gasteiger partial charge is 0.332 e. The fourth-order valence-electron chi connectivity index (χ4n) is 2.30. The molecule has 0 aromatic rings. The zero-order valence-corrected chi connectivity index (χ0v) is 8.54. The van der Waals surface area contributed by atoms with Crippen LogP contribution in [0.3, 0.4) is 0 Å². The Kier molecular flexibility index (Phi) is 3.68. The molecule has 0 saturated carbocycles. The Morgan fingerprint density at radius 1 is 0.538 bits per heavy atom. The third-order valence-electron chi connectivity index (χ3n) is 3.11.